The molecule has 3 N–H and O–H groups in total. The minimum atomic E-state index is -4.50. The van der Waals surface area contributed by atoms with Crippen molar-refractivity contribution in [3.63, 3.8) is 0 Å². The molecule has 1 fully saturated rings. The number of rotatable bonds is 4. The fraction of sp³-hybridized carbons (Fsp3) is 0.316. The molecule has 1 saturated heterocycles. The number of piperazine rings is 1. The number of pyridine rings is 1. The van der Waals surface area contributed by atoms with Crippen molar-refractivity contribution in [2.75, 3.05) is 42.9 Å². The number of nitrogens with zero attached hydrogens (tertiary/aromatic N) is 3. The van der Waals surface area contributed by atoms with E-state index in [0.29, 0.717) is 48.7 Å². The van der Waals surface area contributed by atoms with Crippen LogP contribution in [0.4, 0.5) is 24.7 Å². The molecule has 8 nitrogen and oxygen atoms in total. The molecule has 0 unspecified atom stereocenters. The highest BCUT2D eigenvalue weighted by Gasteiger charge is 2.32. The molecule has 3 heterocycles. The van der Waals surface area contributed by atoms with Crippen LogP contribution in [-0.4, -0.2) is 58.5 Å². The molecule has 31 heavy (non-hydrogen) atoms. The number of anilines is 2. The van der Waals surface area contributed by atoms with Gasteiger partial charge in [0.25, 0.3) is 0 Å². The quantitative estimate of drug-likeness (QED) is 0.563. The van der Waals surface area contributed by atoms with E-state index in [1.807, 2.05) is 4.90 Å². The van der Waals surface area contributed by atoms with Gasteiger partial charge in [-0.1, -0.05) is 11.6 Å². The molecule has 12 heteroatoms. The summed E-state index contributed by atoms with van der Waals surface area (Å²) in [5.74, 6) is 0.0870. The minimum absolute atomic E-state index is 0.0563. The van der Waals surface area contributed by atoms with Crippen LogP contribution in [0.15, 0.2) is 35.3 Å². The summed E-state index contributed by atoms with van der Waals surface area (Å²) in [4.78, 5) is 36.6. The fourth-order valence-corrected chi connectivity index (χ4v) is 3.74. The normalized spacial score (nSPS) is 15.4. The third-order valence-corrected chi connectivity index (χ3v) is 5.27. The van der Waals surface area contributed by atoms with Crippen LogP contribution < -0.4 is 15.9 Å². The molecule has 0 spiro atoms. The molecule has 3 aromatic rings. The van der Waals surface area contributed by atoms with E-state index in [9.17, 15) is 22.8 Å². The van der Waals surface area contributed by atoms with Crippen LogP contribution >= 0.6 is 11.6 Å². The van der Waals surface area contributed by atoms with E-state index in [1.54, 1.807) is 23.1 Å². The van der Waals surface area contributed by atoms with E-state index in [0.717, 1.165) is 12.3 Å². The van der Waals surface area contributed by atoms with E-state index in [2.05, 4.69) is 20.3 Å². The molecule has 164 valence electrons. The topological polar surface area (TPSA) is 97.1 Å². The Morgan fingerprint density at radius 2 is 1.84 bits per heavy atom. The number of fused-ring (bicyclic) bond motifs is 1. The predicted molar refractivity (Wildman–Crippen MR) is 110 cm³/mol. The lowest BCUT2D eigenvalue weighted by Crippen LogP contribution is -2.49. The Kier molecular flexibility index (Phi) is 5.63. The van der Waals surface area contributed by atoms with Gasteiger partial charge >= 0.3 is 11.9 Å². The van der Waals surface area contributed by atoms with Gasteiger partial charge in [0.2, 0.25) is 5.91 Å². The largest absolute Gasteiger partial charge is 0.417 e. The number of halogens is 4. The minimum Gasteiger partial charge on any atom is -0.353 e. The van der Waals surface area contributed by atoms with E-state index < -0.39 is 11.7 Å². The van der Waals surface area contributed by atoms with Crippen molar-refractivity contribution in [2.45, 2.75) is 6.18 Å². The predicted octanol–water partition coefficient (Wildman–Crippen LogP) is 2.68. The Morgan fingerprint density at radius 1 is 1.13 bits per heavy atom. The second kappa shape index (κ2) is 8.23. The van der Waals surface area contributed by atoms with Gasteiger partial charge in [-0.2, -0.15) is 13.2 Å². The Balaban J connectivity index is 1.32. The zero-order valence-electron chi connectivity index (χ0n) is 16.1. The number of hydrogen-bond acceptors (Lipinski definition) is 5. The number of hydrogen-bond donors (Lipinski definition) is 3. The summed E-state index contributed by atoms with van der Waals surface area (Å²) in [5.41, 5.74) is 0.594. The average molecular weight is 455 g/mol. The lowest BCUT2D eigenvalue weighted by molar-refractivity contribution is -0.137. The first kappa shape index (κ1) is 21.2. The molecule has 1 aromatic carbocycles. The lowest BCUT2D eigenvalue weighted by atomic mass is 10.2. The van der Waals surface area contributed by atoms with Crippen LogP contribution in [0.2, 0.25) is 5.02 Å². The number of carbonyl (C=O) groups excluding carboxylic acids is 1. The zero-order chi connectivity index (χ0) is 22.2. The van der Waals surface area contributed by atoms with Crippen LogP contribution in [0, 0.1) is 0 Å². The first-order valence-electron chi connectivity index (χ1n) is 9.41. The van der Waals surface area contributed by atoms with Crippen LogP contribution in [0.1, 0.15) is 5.56 Å². The highest BCUT2D eigenvalue weighted by Crippen LogP contribution is 2.33. The highest BCUT2D eigenvalue weighted by molar-refractivity contribution is 6.33. The SMILES string of the molecule is O=C(CN1CCN(c2ncc(C(F)(F)F)cc2Cl)CC1)Nc1ccc2[nH]c(=O)[nH]c2c1. The number of H-pyrrole nitrogens is 2. The molecule has 0 radical (unpaired) electrons. The summed E-state index contributed by atoms with van der Waals surface area (Å²) in [6.45, 7) is 2.15. The molecule has 1 amide bonds. The average Bonchev–Trinajstić information content (AvgIpc) is 3.07. The number of alkyl halides is 3. The number of imidazole rings is 1. The summed E-state index contributed by atoms with van der Waals surface area (Å²) in [5, 5.41) is 2.74. The van der Waals surface area contributed by atoms with Gasteiger partial charge in [0.1, 0.15) is 5.82 Å². The standard InChI is InChI=1S/C19H18ClF3N6O2/c20-13-7-11(19(21,22)23)9-24-17(13)29-5-3-28(4-6-29)10-16(30)25-12-1-2-14-15(8-12)27-18(31)26-14/h1-2,7-9H,3-6,10H2,(H,25,30)(H2,26,27,31). The van der Waals surface area contributed by atoms with E-state index in [4.69, 9.17) is 11.6 Å². The second-order valence-electron chi connectivity index (χ2n) is 7.18. The highest BCUT2D eigenvalue weighted by atomic mass is 35.5. The van der Waals surface area contributed by atoms with Gasteiger partial charge in [-0.15, -0.1) is 0 Å². The second-order valence-corrected chi connectivity index (χ2v) is 7.59. The Bertz CT molecular complexity index is 1170. The zero-order valence-corrected chi connectivity index (χ0v) is 16.8. The van der Waals surface area contributed by atoms with Crippen molar-refractivity contribution in [1.29, 1.82) is 0 Å². The number of aromatic amines is 2. The van der Waals surface area contributed by atoms with Gasteiger partial charge in [0.05, 0.1) is 28.2 Å². The van der Waals surface area contributed by atoms with Crippen molar-refractivity contribution in [1.82, 2.24) is 19.9 Å². The van der Waals surface area contributed by atoms with Crippen molar-refractivity contribution in [3.8, 4) is 0 Å². The van der Waals surface area contributed by atoms with Crippen LogP contribution in [0.3, 0.4) is 0 Å². The fourth-order valence-electron chi connectivity index (χ4n) is 3.45. The molecule has 1 aliphatic rings. The van der Waals surface area contributed by atoms with E-state index in [-0.39, 0.29) is 23.2 Å². The first-order chi connectivity index (χ1) is 14.7. The van der Waals surface area contributed by atoms with Gasteiger partial charge in [-0.25, -0.2) is 9.78 Å². The van der Waals surface area contributed by atoms with Gasteiger partial charge in [0.15, 0.2) is 0 Å². The Hall–Kier alpha value is -3.05. The number of aromatic nitrogens is 3. The number of amides is 1. The van der Waals surface area contributed by atoms with E-state index >= 15 is 0 Å². The first-order valence-corrected chi connectivity index (χ1v) is 9.79. The number of benzene rings is 1. The molecule has 2 aromatic heterocycles. The maximum absolute atomic E-state index is 12.8. The van der Waals surface area contributed by atoms with Gasteiger partial charge in [-0.05, 0) is 24.3 Å². The van der Waals surface area contributed by atoms with Crippen LogP contribution in [0.5, 0.6) is 0 Å². The van der Waals surface area contributed by atoms with Crippen molar-refractivity contribution in [3.05, 3.63) is 51.5 Å². The van der Waals surface area contributed by atoms with Gasteiger partial charge in [-0.3, -0.25) is 9.69 Å². The molecular weight excluding hydrogens is 437 g/mol. The van der Waals surface area contributed by atoms with Crippen LogP contribution in [-0.2, 0) is 11.0 Å². The monoisotopic (exact) mass is 454 g/mol. The Labute approximate surface area is 179 Å². The van der Waals surface area contributed by atoms with E-state index in [1.165, 1.54) is 0 Å². The maximum Gasteiger partial charge on any atom is 0.417 e. The molecule has 0 aliphatic carbocycles. The molecular formula is C19H18ClF3N6O2. The maximum atomic E-state index is 12.8. The summed E-state index contributed by atoms with van der Waals surface area (Å²) < 4.78 is 38.3. The number of nitrogens with one attached hydrogen (secondary N) is 3. The summed E-state index contributed by atoms with van der Waals surface area (Å²) in [7, 11) is 0. The lowest BCUT2D eigenvalue weighted by Gasteiger charge is -2.35. The van der Waals surface area contributed by atoms with Crippen molar-refractivity contribution >= 4 is 40.0 Å². The van der Waals surface area contributed by atoms with Gasteiger partial charge < -0.3 is 20.2 Å². The summed E-state index contributed by atoms with van der Waals surface area (Å²) in [6, 6.07) is 5.93. The number of carbonyl (C=O) groups is 1. The van der Waals surface area contributed by atoms with Crippen molar-refractivity contribution < 1.29 is 18.0 Å². The van der Waals surface area contributed by atoms with Crippen LogP contribution in [0.25, 0.3) is 11.0 Å². The Morgan fingerprint density at radius 3 is 2.52 bits per heavy atom. The van der Waals surface area contributed by atoms with Crippen molar-refractivity contribution in [2.24, 2.45) is 0 Å². The third-order valence-electron chi connectivity index (χ3n) is 4.99. The molecule has 0 bridgehead atoms. The molecule has 0 atom stereocenters. The summed E-state index contributed by atoms with van der Waals surface area (Å²) >= 11 is 6.02. The summed E-state index contributed by atoms with van der Waals surface area (Å²) in [6.07, 6.45) is -3.72. The smallest absolute Gasteiger partial charge is 0.353 e. The van der Waals surface area contributed by atoms with Gasteiger partial charge in [0, 0.05) is 38.1 Å². The molecule has 1 aliphatic heterocycles. The third kappa shape index (κ3) is 4.83. The molecule has 0 saturated carbocycles. The molecule has 4 rings (SSSR count).